The number of carbonyl (C=O) groups excluding carboxylic acids is 1. The zero-order valence-corrected chi connectivity index (χ0v) is 10.0. The summed E-state index contributed by atoms with van der Waals surface area (Å²) < 4.78 is 26.2. The van der Waals surface area contributed by atoms with E-state index in [9.17, 15) is 13.6 Å². The fourth-order valence-corrected chi connectivity index (χ4v) is 1.46. The van der Waals surface area contributed by atoms with E-state index in [4.69, 9.17) is 0 Å². The van der Waals surface area contributed by atoms with Gasteiger partial charge in [-0.25, -0.2) is 19.3 Å². The summed E-state index contributed by atoms with van der Waals surface area (Å²) >= 11 is 0. The van der Waals surface area contributed by atoms with Crippen molar-refractivity contribution in [2.75, 3.05) is 0 Å². The summed E-state index contributed by atoms with van der Waals surface area (Å²) in [5.74, 6) is -2.73. The van der Waals surface area contributed by atoms with Crippen molar-refractivity contribution in [3.63, 3.8) is 0 Å². The number of aromatic nitrogens is 3. The highest BCUT2D eigenvalue weighted by molar-refractivity contribution is 5.94. The Morgan fingerprint density at radius 1 is 1.26 bits per heavy atom. The van der Waals surface area contributed by atoms with Crippen LogP contribution in [0, 0.1) is 18.7 Å². The maximum Gasteiger partial charge on any atom is 0.254 e. The molecule has 2 heterocycles. The first kappa shape index (κ1) is 13.0. The molecule has 0 aliphatic rings. The molecule has 0 bridgehead atoms. The number of pyridine rings is 1. The van der Waals surface area contributed by atoms with Crippen LogP contribution in [0.1, 0.15) is 21.9 Å². The number of hydrogen-bond acceptors (Lipinski definition) is 4. The largest absolute Gasteiger partial charge is 0.346 e. The normalized spacial score (nSPS) is 10.3. The quantitative estimate of drug-likeness (QED) is 0.851. The number of halogens is 2. The highest BCUT2D eigenvalue weighted by Gasteiger charge is 2.15. The molecule has 0 saturated carbocycles. The fourth-order valence-electron chi connectivity index (χ4n) is 1.46. The third-order valence-corrected chi connectivity index (χ3v) is 2.36. The zero-order valence-electron chi connectivity index (χ0n) is 10.0. The molecule has 0 aliphatic heterocycles. The molecule has 0 saturated heterocycles. The number of amides is 1. The van der Waals surface area contributed by atoms with Crippen molar-refractivity contribution in [1.29, 1.82) is 0 Å². The third-order valence-electron chi connectivity index (χ3n) is 2.36. The molecule has 5 nitrogen and oxygen atoms in total. The van der Waals surface area contributed by atoms with Crippen molar-refractivity contribution >= 4 is 5.91 Å². The van der Waals surface area contributed by atoms with Gasteiger partial charge in [-0.05, 0) is 19.1 Å². The van der Waals surface area contributed by atoms with Crippen LogP contribution >= 0.6 is 0 Å². The summed E-state index contributed by atoms with van der Waals surface area (Å²) in [5.41, 5.74) is 0.189. The lowest BCUT2D eigenvalue weighted by Gasteiger charge is -2.06. The summed E-state index contributed by atoms with van der Waals surface area (Å²) in [7, 11) is 0. The van der Waals surface area contributed by atoms with E-state index >= 15 is 0 Å². The minimum absolute atomic E-state index is 0.103. The molecular weight excluding hydrogens is 254 g/mol. The third kappa shape index (κ3) is 3.06. The van der Waals surface area contributed by atoms with Crippen LogP contribution in [0.15, 0.2) is 24.5 Å². The summed E-state index contributed by atoms with van der Waals surface area (Å²) in [6.07, 6.45) is 2.58. The molecule has 19 heavy (non-hydrogen) atoms. The second kappa shape index (κ2) is 5.47. The van der Waals surface area contributed by atoms with E-state index in [-0.39, 0.29) is 6.54 Å². The highest BCUT2D eigenvalue weighted by Crippen LogP contribution is 2.08. The Hall–Kier alpha value is -2.44. The molecular formula is C12H10F2N4O. The van der Waals surface area contributed by atoms with Gasteiger partial charge in [0, 0.05) is 12.4 Å². The average molecular weight is 264 g/mol. The van der Waals surface area contributed by atoms with Gasteiger partial charge in [-0.3, -0.25) is 4.79 Å². The SMILES string of the molecule is Cc1nccc(CNC(=O)c2ccnc(F)c2F)n1. The van der Waals surface area contributed by atoms with Crippen molar-refractivity contribution in [1.82, 2.24) is 20.3 Å². The van der Waals surface area contributed by atoms with E-state index in [1.54, 1.807) is 19.2 Å². The lowest BCUT2D eigenvalue weighted by atomic mass is 10.2. The first-order chi connectivity index (χ1) is 9.08. The van der Waals surface area contributed by atoms with Gasteiger partial charge in [0.2, 0.25) is 5.95 Å². The summed E-state index contributed by atoms with van der Waals surface area (Å²) in [6, 6.07) is 2.73. The Bertz CT molecular complexity index is 618. The molecule has 7 heteroatoms. The Morgan fingerprint density at radius 2 is 2.00 bits per heavy atom. The number of hydrogen-bond donors (Lipinski definition) is 1. The van der Waals surface area contributed by atoms with Crippen LogP contribution in [0.2, 0.25) is 0 Å². The number of carbonyl (C=O) groups is 1. The van der Waals surface area contributed by atoms with Gasteiger partial charge < -0.3 is 5.32 Å². The van der Waals surface area contributed by atoms with Crippen LogP contribution in [-0.2, 0) is 6.54 Å². The zero-order chi connectivity index (χ0) is 13.8. The molecule has 0 fully saturated rings. The number of nitrogens with zero attached hydrogens (tertiary/aromatic N) is 3. The molecule has 0 aliphatic carbocycles. The lowest BCUT2D eigenvalue weighted by Crippen LogP contribution is -2.25. The van der Waals surface area contributed by atoms with Crippen molar-refractivity contribution in [2.24, 2.45) is 0 Å². The molecule has 1 amide bonds. The molecule has 98 valence electrons. The van der Waals surface area contributed by atoms with Gasteiger partial charge in [-0.15, -0.1) is 0 Å². The Kier molecular flexibility index (Phi) is 3.74. The first-order valence-electron chi connectivity index (χ1n) is 5.44. The molecule has 1 N–H and O–H groups in total. The summed E-state index contributed by atoms with van der Waals surface area (Å²) in [4.78, 5) is 22.8. The summed E-state index contributed by atoms with van der Waals surface area (Å²) in [5, 5.41) is 2.45. The summed E-state index contributed by atoms with van der Waals surface area (Å²) in [6.45, 7) is 1.81. The molecule has 2 rings (SSSR count). The van der Waals surface area contributed by atoms with Crippen LogP contribution in [0.5, 0.6) is 0 Å². The van der Waals surface area contributed by atoms with Gasteiger partial charge in [0.15, 0.2) is 5.82 Å². The molecule has 0 unspecified atom stereocenters. The Balaban J connectivity index is 2.08. The lowest BCUT2D eigenvalue weighted by molar-refractivity contribution is 0.0945. The van der Waals surface area contributed by atoms with Crippen LogP contribution in [0.25, 0.3) is 0 Å². The van der Waals surface area contributed by atoms with Crippen LogP contribution in [-0.4, -0.2) is 20.9 Å². The van der Waals surface area contributed by atoms with E-state index in [0.717, 1.165) is 12.3 Å². The molecule has 0 spiro atoms. The van der Waals surface area contributed by atoms with Crippen LogP contribution in [0.4, 0.5) is 8.78 Å². The molecule has 0 atom stereocenters. The minimum atomic E-state index is -1.30. The van der Waals surface area contributed by atoms with Gasteiger partial charge in [-0.1, -0.05) is 0 Å². The highest BCUT2D eigenvalue weighted by atomic mass is 19.2. The van der Waals surface area contributed by atoms with E-state index in [1.165, 1.54) is 0 Å². The van der Waals surface area contributed by atoms with Crippen LogP contribution in [0.3, 0.4) is 0 Å². The standard InChI is InChI=1S/C12H10F2N4O/c1-7-15-4-2-8(18-7)6-17-12(19)9-3-5-16-11(14)10(9)13/h2-5H,6H2,1H3,(H,17,19). The van der Waals surface area contributed by atoms with Gasteiger partial charge in [-0.2, -0.15) is 4.39 Å². The second-order valence-electron chi connectivity index (χ2n) is 3.74. The second-order valence-corrected chi connectivity index (χ2v) is 3.74. The maximum absolute atomic E-state index is 13.3. The molecule has 2 aromatic heterocycles. The Labute approximate surface area is 107 Å². The monoisotopic (exact) mass is 264 g/mol. The van der Waals surface area contributed by atoms with E-state index in [2.05, 4.69) is 20.3 Å². The Morgan fingerprint density at radius 3 is 2.74 bits per heavy atom. The van der Waals surface area contributed by atoms with Crippen molar-refractivity contribution < 1.29 is 13.6 Å². The number of aryl methyl sites for hydroxylation is 1. The van der Waals surface area contributed by atoms with Gasteiger partial charge in [0.1, 0.15) is 5.82 Å². The molecule has 0 radical (unpaired) electrons. The average Bonchev–Trinajstić information content (AvgIpc) is 2.39. The predicted octanol–water partition coefficient (Wildman–Crippen LogP) is 1.39. The minimum Gasteiger partial charge on any atom is -0.346 e. The van der Waals surface area contributed by atoms with E-state index in [0.29, 0.717) is 11.5 Å². The predicted molar refractivity (Wildman–Crippen MR) is 62.1 cm³/mol. The van der Waals surface area contributed by atoms with E-state index < -0.39 is 23.2 Å². The van der Waals surface area contributed by atoms with Gasteiger partial charge in [0.05, 0.1) is 17.8 Å². The number of rotatable bonds is 3. The maximum atomic E-state index is 13.3. The van der Waals surface area contributed by atoms with Crippen molar-refractivity contribution in [3.8, 4) is 0 Å². The molecule has 2 aromatic rings. The van der Waals surface area contributed by atoms with Gasteiger partial charge >= 0.3 is 0 Å². The molecule has 0 aromatic carbocycles. The first-order valence-corrected chi connectivity index (χ1v) is 5.44. The smallest absolute Gasteiger partial charge is 0.254 e. The van der Waals surface area contributed by atoms with E-state index in [1.807, 2.05) is 0 Å². The van der Waals surface area contributed by atoms with Crippen molar-refractivity contribution in [3.05, 3.63) is 53.4 Å². The van der Waals surface area contributed by atoms with Gasteiger partial charge in [0.25, 0.3) is 5.91 Å². The van der Waals surface area contributed by atoms with Crippen LogP contribution < -0.4 is 5.32 Å². The topological polar surface area (TPSA) is 67.8 Å². The van der Waals surface area contributed by atoms with Crippen molar-refractivity contribution in [2.45, 2.75) is 13.5 Å². The number of nitrogens with one attached hydrogen (secondary N) is 1. The fraction of sp³-hybridized carbons (Fsp3) is 0.167.